The highest BCUT2D eigenvalue weighted by molar-refractivity contribution is 6.22. The molecule has 0 amide bonds. The first-order valence-corrected chi connectivity index (χ1v) is 5.26. The molecule has 1 heterocycles. The minimum absolute atomic E-state index is 0.222. The van der Waals surface area contributed by atoms with E-state index < -0.39 is 15.7 Å². The summed E-state index contributed by atoms with van der Waals surface area (Å²) < 4.78 is 0. The standard InChI is InChI=1S/C9H13ClN4O3/c1-5(13-15)9(2,3)7(10)8-11-4-6(12-8)14(16)17/h4,7,15H,1-3H3,(H,11,12). The van der Waals surface area contributed by atoms with Gasteiger partial charge < -0.3 is 15.3 Å². The second-order valence-corrected chi connectivity index (χ2v) is 4.62. The largest absolute Gasteiger partial charge is 0.411 e. The molecule has 0 spiro atoms. The molecule has 1 atom stereocenters. The highest BCUT2D eigenvalue weighted by atomic mass is 35.5. The van der Waals surface area contributed by atoms with Crippen LogP contribution >= 0.6 is 11.6 Å². The average Bonchev–Trinajstić information content (AvgIpc) is 2.75. The van der Waals surface area contributed by atoms with Crippen molar-refractivity contribution in [2.75, 3.05) is 0 Å². The van der Waals surface area contributed by atoms with Gasteiger partial charge in [0, 0.05) is 5.41 Å². The first kappa shape index (κ1) is 13.4. The zero-order valence-electron chi connectivity index (χ0n) is 9.64. The summed E-state index contributed by atoms with van der Waals surface area (Å²) >= 11 is 6.18. The Kier molecular flexibility index (Phi) is 3.72. The van der Waals surface area contributed by atoms with Crippen LogP contribution < -0.4 is 0 Å². The maximum atomic E-state index is 10.5. The quantitative estimate of drug-likeness (QED) is 0.285. The molecule has 0 bridgehead atoms. The minimum Gasteiger partial charge on any atom is -0.411 e. The number of imidazole rings is 1. The lowest BCUT2D eigenvalue weighted by atomic mass is 9.84. The van der Waals surface area contributed by atoms with E-state index in [-0.39, 0.29) is 11.6 Å². The van der Waals surface area contributed by atoms with Gasteiger partial charge in [0.15, 0.2) is 0 Å². The molecule has 94 valence electrons. The lowest BCUT2D eigenvalue weighted by molar-refractivity contribution is -0.389. The third kappa shape index (κ3) is 2.55. The van der Waals surface area contributed by atoms with E-state index in [1.54, 1.807) is 20.8 Å². The summed E-state index contributed by atoms with van der Waals surface area (Å²) in [7, 11) is 0. The lowest BCUT2D eigenvalue weighted by Gasteiger charge is -2.26. The van der Waals surface area contributed by atoms with Gasteiger partial charge >= 0.3 is 5.82 Å². The van der Waals surface area contributed by atoms with E-state index in [0.29, 0.717) is 5.71 Å². The van der Waals surface area contributed by atoms with Crippen molar-refractivity contribution in [3.8, 4) is 0 Å². The van der Waals surface area contributed by atoms with Crippen molar-refractivity contribution in [3.63, 3.8) is 0 Å². The second kappa shape index (κ2) is 4.70. The number of oxime groups is 1. The van der Waals surface area contributed by atoms with Gasteiger partial charge in [0.2, 0.25) is 5.82 Å². The van der Waals surface area contributed by atoms with Crippen LogP contribution in [0.5, 0.6) is 0 Å². The SMILES string of the molecule is CC(=NO)C(C)(C)C(Cl)c1ncc([N+](=O)[O-])[nH]1. The Hall–Kier alpha value is -1.63. The molecule has 0 saturated carbocycles. The molecule has 0 aliphatic rings. The molecule has 1 unspecified atom stereocenters. The molecule has 1 rings (SSSR count). The van der Waals surface area contributed by atoms with Crippen molar-refractivity contribution < 1.29 is 10.1 Å². The Morgan fingerprint density at radius 2 is 2.35 bits per heavy atom. The first-order valence-electron chi connectivity index (χ1n) is 4.83. The van der Waals surface area contributed by atoms with E-state index in [4.69, 9.17) is 16.8 Å². The van der Waals surface area contributed by atoms with Crippen LogP contribution in [0.15, 0.2) is 11.4 Å². The van der Waals surface area contributed by atoms with E-state index in [2.05, 4.69) is 15.1 Å². The fourth-order valence-corrected chi connectivity index (χ4v) is 1.47. The molecule has 0 saturated heterocycles. The normalized spacial score (nSPS) is 14.7. The number of alkyl halides is 1. The van der Waals surface area contributed by atoms with Crippen molar-refractivity contribution in [2.24, 2.45) is 10.6 Å². The molecule has 0 fully saturated rings. The van der Waals surface area contributed by atoms with Crippen LogP contribution in [0.4, 0.5) is 5.82 Å². The van der Waals surface area contributed by atoms with Gasteiger partial charge in [-0.05, 0) is 11.8 Å². The molecular formula is C9H13ClN4O3. The van der Waals surface area contributed by atoms with Crippen molar-refractivity contribution >= 4 is 23.1 Å². The number of nitrogens with zero attached hydrogens (tertiary/aromatic N) is 3. The fraction of sp³-hybridized carbons (Fsp3) is 0.556. The van der Waals surface area contributed by atoms with Crippen LogP contribution in [0.2, 0.25) is 0 Å². The van der Waals surface area contributed by atoms with Gasteiger partial charge in [0.1, 0.15) is 11.6 Å². The zero-order chi connectivity index (χ0) is 13.2. The zero-order valence-corrected chi connectivity index (χ0v) is 10.4. The lowest BCUT2D eigenvalue weighted by Crippen LogP contribution is -2.27. The van der Waals surface area contributed by atoms with Gasteiger partial charge in [-0.1, -0.05) is 19.0 Å². The highest BCUT2D eigenvalue weighted by Crippen LogP contribution is 2.39. The maximum absolute atomic E-state index is 10.5. The Morgan fingerprint density at radius 1 is 1.76 bits per heavy atom. The molecule has 17 heavy (non-hydrogen) atoms. The second-order valence-electron chi connectivity index (χ2n) is 4.18. The Morgan fingerprint density at radius 3 is 2.76 bits per heavy atom. The molecule has 1 aromatic heterocycles. The molecule has 0 aliphatic carbocycles. The summed E-state index contributed by atoms with van der Waals surface area (Å²) in [6.07, 6.45) is 1.10. The molecule has 2 N–H and O–H groups in total. The van der Waals surface area contributed by atoms with E-state index in [0.717, 1.165) is 6.20 Å². The maximum Gasteiger partial charge on any atom is 0.340 e. The summed E-state index contributed by atoms with van der Waals surface area (Å²) in [4.78, 5) is 16.3. The van der Waals surface area contributed by atoms with E-state index in [1.165, 1.54) is 0 Å². The summed E-state index contributed by atoms with van der Waals surface area (Å²) in [6.45, 7) is 5.13. The van der Waals surface area contributed by atoms with Crippen LogP contribution in [0.3, 0.4) is 0 Å². The van der Waals surface area contributed by atoms with E-state index in [1.807, 2.05) is 0 Å². The van der Waals surface area contributed by atoms with Gasteiger partial charge in [0.25, 0.3) is 0 Å². The Labute approximate surface area is 103 Å². The Bertz CT molecular complexity index is 455. The summed E-state index contributed by atoms with van der Waals surface area (Å²) in [6, 6.07) is 0. The summed E-state index contributed by atoms with van der Waals surface area (Å²) in [5.41, 5.74) is -0.265. The van der Waals surface area contributed by atoms with E-state index >= 15 is 0 Å². The number of rotatable bonds is 4. The number of hydrogen-bond donors (Lipinski definition) is 2. The van der Waals surface area contributed by atoms with Crippen molar-refractivity contribution in [3.05, 3.63) is 22.1 Å². The van der Waals surface area contributed by atoms with Crippen LogP contribution in [0.1, 0.15) is 32.0 Å². The van der Waals surface area contributed by atoms with E-state index in [9.17, 15) is 10.1 Å². The predicted octanol–water partition coefficient (Wildman–Crippen LogP) is 2.47. The molecule has 0 radical (unpaired) electrons. The van der Waals surface area contributed by atoms with Gasteiger partial charge in [0.05, 0.1) is 5.71 Å². The molecule has 1 aromatic rings. The van der Waals surface area contributed by atoms with Gasteiger partial charge in [-0.3, -0.25) is 0 Å². The number of nitro groups is 1. The smallest absolute Gasteiger partial charge is 0.340 e. The monoisotopic (exact) mass is 260 g/mol. The third-order valence-corrected chi connectivity index (χ3v) is 3.49. The topological polar surface area (TPSA) is 104 Å². The summed E-state index contributed by atoms with van der Waals surface area (Å²) in [5, 5.41) is 21.7. The number of hydrogen-bond acceptors (Lipinski definition) is 5. The molecule has 0 aliphatic heterocycles. The Balaban J connectivity index is 3.03. The number of H-pyrrole nitrogens is 1. The van der Waals surface area contributed by atoms with Crippen LogP contribution in [-0.4, -0.2) is 25.8 Å². The van der Waals surface area contributed by atoms with Gasteiger partial charge in [-0.15, -0.1) is 11.6 Å². The van der Waals surface area contributed by atoms with Crippen LogP contribution in [-0.2, 0) is 0 Å². The number of aromatic amines is 1. The number of halogens is 1. The minimum atomic E-state index is -0.679. The van der Waals surface area contributed by atoms with Crippen molar-refractivity contribution in [2.45, 2.75) is 26.1 Å². The van der Waals surface area contributed by atoms with Gasteiger partial charge in [-0.2, -0.15) is 0 Å². The average molecular weight is 261 g/mol. The molecular weight excluding hydrogens is 248 g/mol. The molecule has 7 nitrogen and oxygen atoms in total. The summed E-state index contributed by atoms with van der Waals surface area (Å²) in [5.74, 6) is 0.0476. The van der Waals surface area contributed by atoms with Crippen LogP contribution in [0.25, 0.3) is 0 Å². The third-order valence-electron chi connectivity index (χ3n) is 2.73. The predicted molar refractivity (Wildman–Crippen MR) is 62.5 cm³/mol. The van der Waals surface area contributed by atoms with Gasteiger partial charge in [-0.25, -0.2) is 9.97 Å². The van der Waals surface area contributed by atoms with Crippen molar-refractivity contribution in [1.29, 1.82) is 0 Å². The van der Waals surface area contributed by atoms with Crippen LogP contribution in [0, 0.1) is 15.5 Å². The number of aromatic nitrogens is 2. The molecule has 0 aromatic carbocycles. The first-order chi connectivity index (χ1) is 7.80. The fourth-order valence-electron chi connectivity index (χ4n) is 1.20. The van der Waals surface area contributed by atoms with Crippen molar-refractivity contribution in [1.82, 2.24) is 9.97 Å². The highest BCUT2D eigenvalue weighted by Gasteiger charge is 2.36. The molecule has 8 heteroatoms. The number of nitrogens with one attached hydrogen (secondary N) is 1.